The van der Waals surface area contributed by atoms with Gasteiger partial charge >= 0.3 is 5.97 Å². The molecule has 0 aliphatic carbocycles. The number of imide groups is 1. The molecule has 1 aliphatic heterocycles. The number of phenols is 1. The Morgan fingerprint density at radius 1 is 1.45 bits per heavy atom. The van der Waals surface area contributed by atoms with E-state index in [0.29, 0.717) is 10.0 Å². The zero-order chi connectivity index (χ0) is 16.3. The van der Waals surface area contributed by atoms with Crippen LogP contribution in [0.4, 0.5) is 4.79 Å². The lowest BCUT2D eigenvalue weighted by atomic mass is 10.2. The van der Waals surface area contributed by atoms with Gasteiger partial charge in [0, 0.05) is 0 Å². The lowest BCUT2D eigenvalue weighted by Crippen LogP contribution is -2.34. The molecule has 0 bridgehead atoms. The lowest BCUT2D eigenvalue weighted by molar-refractivity contribution is -0.145. The number of hydrogen-bond acceptors (Lipinski definition) is 6. The topological polar surface area (TPSA) is 83.9 Å². The second kappa shape index (κ2) is 6.97. The minimum Gasteiger partial charge on any atom is -0.507 e. The molecule has 0 atom stereocenters. The number of aromatic hydroxyl groups is 1. The van der Waals surface area contributed by atoms with Crippen LogP contribution in [-0.2, 0) is 14.3 Å². The number of benzene rings is 1. The van der Waals surface area contributed by atoms with E-state index in [4.69, 9.17) is 4.74 Å². The first-order valence-corrected chi connectivity index (χ1v) is 7.92. The van der Waals surface area contributed by atoms with E-state index >= 15 is 0 Å². The highest BCUT2D eigenvalue weighted by Gasteiger charge is 2.36. The van der Waals surface area contributed by atoms with Crippen molar-refractivity contribution in [3.8, 4) is 5.75 Å². The number of amides is 2. The van der Waals surface area contributed by atoms with E-state index in [1.54, 1.807) is 19.1 Å². The smallest absolute Gasteiger partial charge is 0.326 e. The molecule has 1 N–H and O–H groups in total. The summed E-state index contributed by atoms with van der Waals surface area (Å²) < 4.78 is 5.21. The Kier molecular flexibility index (Phi) is 5.25. The fourth-order valence-electron chi connectivity index (χ4n) is 1.74. The molecule has 0 radical (unpaired) electrons. The quantitative estimate of drug-likeness (QED) is 0.633. The number of thioether (sulfide) groups is 1. The third-order valence-electron chi connectivity index (χ3n) is 2.74. The third kappa shape index (κ3) is 3.69. The van der Waals surface area contributed by atoms with E-state index in [0.717, 1.165) is 16.7 Å². The van der Waals surface area contributed by atoms with Crippen LogP contribution in [0.2, 0.25) is 0 Å². The molecule has 116 valence electrons. The number of ether oxygens (including phenoxy) is 1. The van der Waals surface area contributed by atoms with Gasteiger partial charge in [0.2, 0.25) is 0 Å². The van der Waals surface area contributed by atoms with Crippen LogP contribution in [0.1, 0.15) is 12.5 Å². The molecular formula is C14H12BrNO5S. The maximum absolute atomic E-state index is 12.2. The van der Waals surface area contributed by atoms with Gasteiger partial charge in [-0.05, 0) is 58.4 Å². The first-order chi connectivity index (χ1) is 10.4. The van der Waals surface area contributed by atoms with Gasteiger partial charge in [-0.15, -0.1) is 0 Å². The number of rotatable bonds is 4. The van der Waals surface area contributed by atoms with Crippen LogP contribution < -0.4 is 0 Å². The third-order valence-corrected chi connectivity index (χ3v) is 4.28. The molecule has 1 aromatic carbocycles. The van der Waals surface area contributed by atoms with Crippen molar-refractivity contribution in [1.29, 1.82) is 0 Å². The van der Waals surface area contributed by atoms with Crippen molar-refractivity contribution in [1.82, 2.24) is 4.90 Å². The maximum atomic E-state index is 12.2. The molecule has 1 fully saturated rings. The second-order valence-electron chi connectivity index (χ2n) is 4.28. The van der Waals surface area contributed by atoms with Crippen molar-refractivity contribution in [3.05, 3.63) is 33.1 Å². The van der Waals surface area contributed by atoms with Crippen LogP contribution in [0.15, 0.2) is 27.6 Å². The van der Waals surface area contributed by atoms with E-state index in [-0.39, 0.29) is 17.3 Å². The van der Waals surface area contributed by atoms with Gasteiger partial charge in [0.05, 0.1) is 16.0 Å². The van der Waals surface area contributed by atoms with Crippen molar-refractivity contribution in [2.75, 3.05) is 13.2 Å². The first-order valence-electron chi connectivity index (χ1n) is 6.32. The Morgan fingerprint density at radius 2 is 2.18 bits per heavy atom. The molecule has 2 rings (SSSR count). The highest BCUT2D eigenvalue weighted by molar-refractivity contribution is 9.10. The molecule has 1 heterocycles. The predicted molar refractivity (Wildman–Crippen MR) is 85.1 cm³/mol. The van der Waals surface area contributed by atoms with E-state index in [9.17, 15) is 19.5 Å². The highest BCUT2D eigenvalue weighted by atomic mass is 79.9. The van der Waals surface area contributed by atoms with Crippen LogP contribution >= 0.6 is 27.7 Å². The molecule has 1 aromatic rings. The summed E-state index contributed by atoms with van der Waals surface area (Å²) in [6.07, 6.45) is 1.53. The summed E-state index contributed by atoms with van der Waals surface area (Å²) >= 11 is 3.93. The fraction of sp³-hybridized carbons (Fsp3) is 0.214. The molecule has 1 saturated heterocycles. The van der Waals surface area contributed by atoms with Crippen molar-refractivity contribution in [2.24, 2.45) is 0 Å². The fourth-order valence-corrected chi connectivity index (χ4v) is 2.97. The Bertz CT molecular complexity index is 673. The number of halogens is 1. The van der Waals surface area contributed by atoms with E-state index < -0.39 is 23.7 Å². The number of nitrogens with zero attached hydrogens (tertiary/aromatic N) is 1. The molecule has 0 spiro atoms. The molecule has 0 aromatic heterocycles. The average Bonchev–Trinajstić information content (AvgIpc) is 2.71. The number of hydrogen-bond donors (Lipinski definition) is 1. The number of esters is 1. The second-order valence-corrected chi connectivity index (χ2v) is 6.13. The average molecular weight is 386 g/mol. The Hall–Kier alpha value is -1.80. The molecule has 8 heteroatoms. The number of carbonyl (C=O) groups excluding carboxylic acids is 3. The standard InChI is InChI=1S/C14H12BrNO5S/c1-2-21-12(18)7-16-13(19)11(22-14(16)20)6-8-3-4-10(17)9(15)5-8/h3-6,17H,2,7H2,1H3/b11-6+. The molecule has 6 nitrogen and oxygen atoms in total. The SMILES string of the molecule is CCOC(=O)CN1C(=O)S/C(=C/c2ccc(O)c(Br)c2)C1=O. The predicted octanol–water partition coefficient (Wildman–Crippen LogP) is 2.75. The summed E-state index contributed by atoms with van der Waals surface area (Å²) in [6.45, 7) is 1.44. The minimum absolute atomic E-state index is 0.0764. The normalized spacial score (nSPS) is 16.5. The van der Waals surface area contributed by atoms with Crippen LogP contribution in [-0.4, -0.2) is 40.3 Å². The van der Waals surface area contributed by atoms with Crippen molar-refractivity contribution in [2.45, 2.75) is 6.92 Å². The number of carbonyl (C=O) groups is 3. The lowest BCUT2D eigenvalue weighted by Gasteiger charge is -2.10. The van der Waals surface area contributed by atoms with Gasteiger partial charge in [-0.25, -0.2) is 0 Å². The van der Waals surface area contributed by atoms with Crippen molar-refractivity contribution < 1.29 is 24.2 Å². The zero-order valence-corrected chi connectivity index (χ0v) is 13.9. The Balaban J connectivity index is 2.18. The van der Waals surface area contributed by atoms with E-state index in [1.807, 2.05) is 0 Å². The summed E-state index contributed by atoms with van der Waals surface area (Å²) in [5, 5.41) is 8.92. The summed E-state index contributed by atoms with van der Waals surface area (Å²) in [5.74, 6) is -1.08. The van der Waals surface area contributed by atoms with Gasteiger partial charge in [0.1, 0.15) is 12.3 Å². The van der Waals surface area contributed by atoms with Crippen molar-refractivity contribution >= 4 is 50.9 Å². The molecule has 1 aliphatic rings. The van der Waals surface area contributed by atoms with Gasteiger partial charge in [-0.2, -0.15) is 0 Å². The van der Waals surface area contributed by atoms with Gasteiger partial charge in [-0.1, -0.05) is 6.07 Å². The monoisotopic (exact) mass is 385 g/mol. The van der Waals surface area contributed by atoms with Crippen LogP contribution in [0.3, 0.4) is 0 Å². The first kappa shape index (κ1) is 16.6. The molecule has 0 saturated carbocycles. The highest BCUT2D eigenvalue weighted by Crippen LogP contribution is 2.33. The van der Waals surface area contributed by atoms with Gasteiger partial charge < -0.3 is 9.84 Å². The largest absolute Gasteiger partial charge is 0.507 e. The Morgan fingerprint density at radius 3 is 2.82 bits per heavy atom. The summed E-state index contributed by atoms with van der Waals surface area (Å²) in [7, 11) is 0. The molecule has 22 heavy (non-hydrogen) atoms. The van der Waals surface area contributed by atoms with Crippen LogP contribution in [0, 0.1) is 0 Å². The van der Waals surface area contributed by atoms with Crippen LogP contribution in [0.25, 0.3) is 6.08 Å². The molecular weight excluding hydrogens is 374 g/mol. The molecule has 2 amide bonds. The van der Waals surface area contributed by atoms with E-state index in [1.165, 1.54) is 12.1 Å². The molecule has 0 unspecified atom stereocenters. The van der Waals surface area contributed by atoms with Crippen LogP contribution in [0.5, 0.6) is 5.75 Å². The van der Waals surface area contributed by atoms with Gasteiger partial charge in [0.15, 0.2) is 0 Å². The Labute approximate surface area is 139 Å². The summed E-state index contributed by atoms with van der Waals surface area (Å²) in [5.41, 5.74) is 0.645. The van der Waals surface area contributed by atoms with Gasteiger partial charge in [-0.3, -0.25) is 19.3 Å². The summed E-state index contributed by atoms with van der Waals surface area (Å²) in [4.78, 5) is 36.4. The van der Waals surface area contributed by atoms with Crippen molar-refractivity contribution in [3.63, 3.8) is 0 Å². The van der Waals surface area contributed by atoms with Gasteiger partial charge in [0.25, 0.3) is 11.1 Å². The van der Waals surface area contributed by atoms with E-state index in [2.05, 4.69) is 15.9 Å². The number of phenolic OH excluding ortho intramolecular Hbond substituents is 1. The maximum Gasteiger partial charge on any atom is 0.326 e. The zero-order valence-electron chi connectivity index (χ0n) is 11.5. The summed E-state index contributed by atoms with van der Waals surface area (Å²) in [6, 6.07) is 4.70. The minimum atomic E-state index is -0.626.